The van der Waals surface area contributed by atoms with Crippen molar-refractivity contribution >= 4 is 0 Å². The number of nitrogens with zero attached hydrogens (tertiary/aromatic N) is 1. The van der Waals surface area contributed by atoms with Crippen molar-refractivity contribution in [2.24, 2.45) is 0 Å². The van der Waals surface area contributed by atoms with Crippen molar-refractivity contribution < 1.29 is 5.11 Å². The van der Waals surface area contributed by atoms with Crippen LogP contribution in [0.4, 0.5) is 0 Å². The lowest BCUT2D eigenvalue weighted by atomic mass is 10.2. The molecule has 0 fully saturated rings. The smallest absolute Gasteiger partial charge is 0.0431 e. The monoisotopic (exact) mass is 171 g/mol. The molecule has 0 amide bonds. The Morgan fingerprint density at radius 1 is 1.25 bits per heavy atom. The van der Waals surface area contributed by atoms with Crippen LogP contribution in [0.1, 0.15) is 25.7 Å². The molecule has 0 rings (SSSR count). The van der Waals surface area contributed by atoms with Crippen LogP contribution < -0.4 is 0 Å². The minimum absolute atomic E-state index is 0.330. The Kier molecular flexibility index (Phi) is 8.51. The van der Waals surface area contributed by atoms with E-state index in [1.165, 1.54) is 6.42 Å². The minimum atomic E-state index is 0.330. The van der Waals surface area contributed by atoms with Gasteiger partial charge in [-0.15, -0.1) is 6.58 Å². The zero-order valence-corrected chi connectivity index (χ0v) is 8.13. The first-order chi connectivity index (χ1) is 5.81. The Morgan fingerprint density at radius 2 is 2.00 bits per heavy atom. The molecule has 0 saturated heterocycles. The maximum atomic E-state index is 8.55. The highest BCUT2D eigenvalue weighted by Crippen LogP contribution is 1.97. The van der Waals surface area contributed by atoms with Gasteiger partial charge in [-0.2, -0.15) is 0 Å². The molecule has 1 N–H and O–H groups in total. The van der Waals surface area contributed by atoms with Gasteiger partial charge in [0, 0.05) is 13.2 Å². The lowest BCUT2D eigenvalue weighted by molar-refractivity contribution is 0.273. The van der Waals surface area contributed by atoms with E-state index >= 15 is 0 Å². The summed E-state index contributed by atoms with van der Waals surface area (Å²) in [5.41, 5.74) is 0. The SMILES string of the molecule is C=CCCN(C)CCCCCO. The van der Waals surface area contributed by atoms with Crippen molar-refractivity contribution in [1.82, 2.24) is 4.90 Å². The molecule has 0 aliphatic carbocycles. The number of hydrogen-bond donors (Lipinski definition) is 1. The van der Waals surface area contributed by atoms with Crippen LogP contribution in [0, 0.1) is 0 Å². The zero-order valence-electron chi connectivity index (χ0n) is 8.13. The summed E-state index contributed by atoms with van der Waals surface area (Å²) in [6.45, 7) is 6.24. The Bertz CT molecular complexity index is 104. The Balaban J connectivity index is 3.07. The second-order valence-electron chi connectivity index (χ2n) is 3.16. The maximum absolute atomic E-state index is 8.55. The molecule has 12 heavy (non-hydrogen) atoms. The molecule has 0 atom stereocenters. The summed E-state index contributed by atoms with van der Waals surface area (Å²) in [4.78, 5) is 2.30. The third-order valence-electron chi connectivity index (χ3n) is 1.91. The second-order valence-corrected chi connectivity index (χ2v) is 3.16. The van der Waals surface area contributed by atoms with Gasteiger partial charge in [0.1, 0.15) is 0 Å². The molecular formula is C10H21NO. The van der Waals surface area contributed by atoms with Crippen LogP contribution in [0.5, 0.6) is 0 Å². The molecule has 0 aliphatic rings. The van der Waals surface area contributed by atoms with Crippen LogP contribution in [0.25, 0.3) is 0 Å². The Labute approximate surface area is 75.9 Å². The standard InChI is InChI=1S/C10H21NO/c1-3-4-8-11(2)9-6-5-7-10-12/h3,12H,1,4-10H2,2H3. The molecule has 0 bridgehead atoms. The molecule has 0 radical (unpaired) electrons. The van der Waals surface area contributed by atoms with E-state index < -0.39 is 0 Å². The fourth-order valence-electron chi connectivity index (χ4n) is 1.09. The number of aliphatic hydroxyl groups excluding tert-OH is 1. The first-order valence-corrected chi connectivity index (χ1v) is 4.71. The van der Waals surface area contributed by atoms with Gasteiger partial charge < -0.3 is 10.0 Å². The van der Waals surface area contributed by atoms with E-state index in [1.54, 1.807) is 0 Å². The van der Waals surface area contributed by atoms with Gasteiger partial charge in [-0.25, -0.2) is 0 Å². The topological polar surface area (TPSA) is 23.5 Å². The van der Waals surface area contributed by atoms with Crippen LogP contribution >= 0.6 is 0 Å². The average molecular weight is 171 g/mol. The van der Waals surface area contributed by atoms with Gasteiger partial charge in [0.05, 0.1) is 0 Å². The second kappa shape index (κ2) is 8.75. The fourth-order valence-corrected chi connectivity index (χ4v) is 1.09. The van der Waals surface area contributed by atoms with Crippen LogP contribution in [-0.2, 0) is 0 Å². The summed E-state index contributed by atoms with van der Waals surface area (Å²) in [5, 5.41) is 8.55. The van der Waals surface area contributed by atoms with Gasteiger partial charge in [-0.05, 0) is 39.3 Å². The number of aliphatic hydroxyl groups is 1. The van der Waals surface area contributed by atoms with Crippen molar-refractivity contribution in [3.8, 4) is 0 Å². The number of unbranched alkanes of at least 4 members (excludes halogenated alkanes) is 2. The van der Waals surface area contributed by atoms with E-state index in [2.05, 4.69) is 18.5 Å². The third kappa shape index (κ3) is 7.76. The Hall–Kier alpha value is -0.340. The first kappa shape index (κ1) is 11.7. The minimum Gasteiger partial charge on any atom is -0.396 e. The van der Waals surface area contributed by atoms with E-state index in [1.807, 2.05) is 6.08 Å². The number of hydrogen-bond acceptors (Lipinski definition) is 2. The van der Waals surface area contributed by atoms with E-state index in [0.29, 0.717) is 6.61 Å². The maximum Gasteiger partial charge on any atom is 0.0431 e. The molecule has 0 aromatic rings. The first-order valence-electron chi connectivity index (χ1n) is 4.71. The Morgan fingerprint density at radius 3 is 2.58 bits per heavy atom. The molecule has 0 aromatic heterocycles. The molecular weight excluding hydrogens is 150 g/mol. The van der Waals surface area contributed by atoms with Crippen molar-refractivity contribution in [3.63, 3.8) is 0 Å². The van der Waals surface area contributed by atoms with Gasteiger partial charge in [0.2, 0.25) is 0 Å². The van der Waals surface area contributed by atoms with Gasteiger partial charge >= 0.3 is 0 Å². The van der Waals surface area contributed by atoms with Crippen molar-refractivity contribution in [1.29, 1.82) is 0 Å². The molecule has 0 aromatic carbocycles. The molecule has 0 unspecified atom stereocenters. The van der Waals surface area contributed by atoms with Crippen molar-refractivity contribution in [3.05, 3.63) is 12.7 Å². The summed E-state index contributed by atoms with van der Waals surface area (Å²) in [6.07, 6.45) is 6.28. The van der Waals surface area contributed by atoms with Crippen LogP contribution in [-0.4, -0.2) is 36.8 Å². The third-order valence-corrected chi connectivity index (χ3v) is 1.91. The van der Waals surface area contributed by atoms with Crippen molar-refractivity contribution in [2.75, 3.05) is 26.7 Å². The van der Waals surface area contributed by atoms with Crippen LogP contribution in [0.2, 0.25) is 0 Å². The van der Waals surface area contributed by atoms with E-state index in [-0.39, 0.29) is 0 Å². The lowest BCUT2D eigenvalue weighted by Crippen LogP contribution is -2.20. The highest BCUT2D eigenvalue weighted by Gasteiger charge is 1.95. The summed E-state index contributed by atoms with van der Waals surface area (Å²) in [7, 11) is 2.13. The van der Waals surface area contributed by atoms with Gasteiger partial charge in [0.15, 0.2) is 0 Å². The average Bonchev–Trinajstić information content (AvgIpc) is 2.09. The van der Waals surface area contributed by atoms with Gasteiger partial charge in [-0.3, -0.25) is 0 Å². The summed E-state index contributed by atoms with van der Waals surface area (Å²) in [5.74, 6) is 0. The van der Waals surface area contributed by atoms with Crippen LogP contribution in [0.3, 0.4) is 0 Å². The molecule has 2 heteroatoms. The largest absolute Gasteiger partial charge is 0.396 e. The van der Waals surface area contributed by atoms with E-state index in [9.17, 15) is 0 Å². The highest BCUT2D eigenvalue weighted by atomic mass is 16.2. The molecule has 0 saturated carbocycles. The predicted octanol–water partition coefficient (Wildman–Crippen LogP) is 1.66. The lowest BCUT2D eigenvalue weighted by Gasteiger charge is -2.14. The van der Waals surface area contributed by atoms with Gasteiger partial charge in [-0.1, -0.05) is 6.08 Å². The fraction of sp³-hybridized carbons (Fsp3) is 0.800. The van der Waals surface area contributed by atoms with Crippen LogP contribution in [0.15, 0.2) is 12.7 Å². The number of rotatable bonds is 8. The molecule has 72 valence electrons. The van der Waals surface area contributed by atoms with E-state index in [0.717, 1.165) is 32.4 Å². The van der Waals surface area contributed by atoms with Gasteiger partial charge in [0.25, 0.3) is 0 Å². The quantitative estimate of drug-likeness (QED) is 0.443. The summed E-state index contributed by atoms with van der Waals surface area (Å²) >= 11 is 0. The van der Waals surface area contributed by atoms with Crippen molar-refractivity contribution in [2.45, 2.75) is 25.7 Å². The summed E-state index contributed by atoms with van der Waals surface area (Å²) < 4.78 is 0. The molecule has 2 nitrogen and oxygen atoms in total. The highest BCUT2D eigenvalue weighted by molar-refractivity contribution is 4.68. The van der Waals surface area contributed by atoms with E-state index in [4.69, 9.17) is 5.11 Å². The zero-order chi connectivity index (χ0) is 9.23. The molecule has 0 spiro atoms. The predicted molar refractivity (Wildman–Crippen MR) is 53.2 cm³/mol. The molecule has 0 aliphatic heterocycles. The normalized spacial score (nSPS) is 10.6. The summed E-state index contributed by atoms with van der Waals surface area (Å²) in [6, 6.07) is 0. The molecule has 0 heterocycles.